The Morgan fingerprint density at radius 3 is 2.48 bits per heavy atom. The van der Waals surface area contributed by atoms with Crippen molar-refractivity contribution in [2.45, 2.75) is 13.5 Å². The summed E-state index contributed by atoms with van der Waals surface area (Å²) in [6, 6.07) is 15.6. The lowest BCUT2D eigenvalue weighted by atomic mass is 10.2. The van der Waals surface area contributed by atoms with E-state index < -0.39 is 0 Å². The highest BCUT2D eigenvalue weighted by atomic mass is 32.1. The highest BCUT2D eigenvalue weighted by Gasteiger charge is 2.17. The summed E-state index contributed by atoms with van der Waals surface area (Å²) >= 11 is 1.31. The van der Waals surface area contributed by atoms with E-state index in [1.807, 2.05) is 30.3 Å². The fourth-order valence-electron chi connectivity index (χ4n) is 2.70. The molecule has 1 heterocycles. The monoisotopic (exact) mass is 409 g/mol. The van der Waals surface area contributed by atoms with Gasteiger partial charge in [-0.1, -0.05) is 36.4 Å². The third kappa shape index (κ3) is 5.14. The van der Waals surface area contributed by atoms with Crippen LogP contribution in [0.3, 0.4) is 0 Å². The van der Waals surface area contributed by atoms with E-state index in [2.05, 4.69) is 4.98 Å². The predicted octanol–water partition coefficient (Wildman–Crippen LogP) is 4.64. The van der Waals surface area contributed by atoms with Gasteiger partial charge < -0.3 is 4.90 Å². The molecule has 0 atom stereocenters. The average Bonchev–Trinajstić information content (AvgIpc) is 3.17. The molecule has 0 N–H and O–H groups in total. The van der Waals surface area contributed by atoms with Crippen molar-refractivity contribution in [3.63, 3.8) is 0 Å². The zero-order chi connectivity index (χ0) is 20.8. The molecule has 148 valence electrons. The molecule has 3 aromatic rings. The molecule has 0 aliphatic rings. The van der Waals surface area contributed by atoms with Gasteiger partial charge in [-0.25, -0.2) is 9.37 Å². The molecule has 5 nitrogen and oxygen atoms in total. The molecular weight excluding hydrogens is 389 g/mol. The van der Waals surface area contributed by atoms with Gasteiger partial charge in [-0.2, -0.15) is 0 Å². The van der Waals surface area contributed by atoms with Gasteiger partial charge in [0.1, 0.15) is 5.82 Å². The first-order chi connectivity index (χ1) is 14.0. The number of hydrogen-bond acceptors (Lipinski definition) is 4. The molecule has 0 unspecified atom stereocenters. The number of benzene rings is 2. The minimum Gasteiger partial charge on any atom is -0.338 e. The number of likely N-dealkylation sites (N-methyl/N-ethyl adjacent to an activating group) is 1. The van der Waals surface area contributed by atoms with Gasteiger partial charge in [0.25, 0.3) is 0 Å². The highest BCUT2D eigenvalue weighted by Crippen LogP contribution is 2.29. The van der Waals surface area contributed by atoms with Crippen molar-refractivity contribution in [3.8, 4) is 0 Å². The zero-order valence-electron chi connectivity index (χ0n) is 16.1. The van der Waals surface area contributed by atoms with E-state index in [1.54, 1.807) is 36.7 Å². The van der Waals surface area contributed by atoms with Gasteiger partial charge in [0.2, 0.25) is 11.8 Å². The summed E-state index contributed by atoms with van der Waals surface area (Å²) in [4.78, 5) is 31.8. The van der Waals surface area contributed by atoms with Crippen LogP contribution in [0, 0.1) is 5.82 Å². The normalized spacial score (nSPS) is 10.9. The maximum Gasteiger partial charge on any atom is 0.246 e. The quantitative estimate of drug-likeness (QED) is 0.558. The number of amides is 2. The summed E-state index contributed by atoms with van der Waals surface area (Å²) in [5, 5.41) is 2.30. The lowest BCUT2D eigenvalue weighted by Gasteiger charge is -2.17. The van der Waals surface area contributed by atoms with Gasteiger partial charge in [0.05, 0.1) is 11.4 Å². The molecular formula is C22H20FN3O2S. The van der Waals surface area contributed by atoms with E-state index >= 15 is 0 Å². The van der Waals surface area contributed by atoms with Crippen LogP contribution in [0.25, 0.3) is 6.08 Å². The van der Waals surface area contributed by atoms with Gasteiger partial charge in [-0.15, -0.1) is 11.3 Å². The van der Waals surface area contributed by atoms with Crippen LogP contribution < -0.4 is 4.90 Å². The number of rotatable bonds is 6. The Hall–Kier alpha value is -3.32. The van der Waals surface area contributed by atoms with Gasteiger partial charge in [-0.05, 0) is 24.3 Å². The molecule has 7 heteroatoms. The second kappa shape index (κ2) is 9.25. The minimum atomic E-state index is -0.342. The Labute approximate surface area is 172 Å². The molecule has 0 saturated carbocycles. The van der Waals surface area contributed by atoms with Gasteiger partial charge >= 0.3 is 0 Å². The van der Waals surface area contributed by atoms with Gasteiger partial charge in [-0.3, -0.25) is 14.5 Å². The molecule has 1 aromatic heterocycles. The fraction of sp³-hybridized carbons (Fsp3) is 0.136. The summed E-state index contributed by atoms with van der Waals surface area (Å²) in [6.45, 7) is 1.65. The number of anilines is 2. The maximum atomic E-state index is 13.8. The number of hydrogen-bond donors (Lipinski definition) is 0. The van der Waals surface area contributed by atoms with Crippen LogP contribution in [0.4, 0.5) is 15.2 Å². The smallest absolute Gasteiger partial charge is 0.246 e. The largest absolute Gasteiger partial charge is 0.338 e. The van der Waals surface area contributed by atoms with Gasteiger partial charge in [0.15, 0.2) is 5.13 Å². The molecule has 0 saturated heterocycles. The van der Waals surface area contributed by atoms with Crippen LogP contribution in [-0.4, -0.2) is 28.7 Å². The summed E-state index contributed by atoms with van der Waals surface area (Å²) in [5.41, 5.74) is 1.75. The first-order valence-electron chi connectivity index (χ1n) is 8.93. The molecule has 2 aromatic carbocycles. The second-order valence-corrected chi connectivity index (χ2v) is 7.20. The van der Waals surface area contributed by atoms with Crippen molar-refractivity contribution in [2.24, 2.45) is 0 Å². The van der Waals surface area contributed by atoms with Crippen LogP contribution in [0.2, 0.25) is 0 Å². The molecule has 0 spiro atoms. The third-order valence-electron chi connectivity index (χ3n) is 4.17. The molecule has 0 radical (unpaired) electrons. The number of aromatic nitrogens is 1. The van der Waals surface area contributed by atoms with E-state index in [0.717, 1.165) is 5.69 Å². The summed E-state index contributed by atoms with van der Waals surface area (Å²) in [5.74, 6) is -0.762. The molecule has 0 aliphatic carbocycles. The Morgan fingerprint density at radius 2 is 1.79 bits per heavy atom. The van der Waals surface area contributed by atoms with E-state index in [4.69, 9.17) is 0 Å². The summed E-state index contributed by atoms with van der Waals surface area (Å²) in [6.07, 6.45) is 2.98. The number of carbonyl (C=O) groups excluding carboxylic acids is 2. The number of carbonyl (C=O) groups is 2. The van der Waals surface area contributed by atoms with Crippen molar-refractivity contribution in [3.05, 3.63) is 83.1 Å². The number of nitrogens with zero attached hydrogens (tertiary/aromatic N) is 3. The van der Waals surface area contributed by atoms with E-state index in [1.165, 1.54) is 40.2 Å². The molecule has 0 aliphatic heterocycles. The van der Waals surface area contributed by atoms with Crippen LogP contribution in [0.1, 0.15) is 18.2 Å². The highest BCUT2D eigenvalue weighted by molar-refractivity contribution is 7.14. The van der Waals surface area contributed by atoms with Crippen molar-refractivity contribution < 1.29 is 14.0 Å². The van der Waals surface area contributed by atoms with Crippen molar-refractivity contribution in [1.29, 1.82) is 0 Å². The van der Waals surface area contributed by atoms with E-state index in [-0.39, 0.29) is 24.2 Å². The summed E-state index contributed by atoms with van der Waals surface area (Å²) < 4.78 is 13.8. The maximum absolute atomic E-state index is 13.8. The SMILES string of the molecule is CC(=O)N(c1ccccc1)c1nc(/C=C/C(=O)N(C)Cc2ccccc2F)cs1. The molecule has 29 heavy (non-hydrogen) atoms. The molecule has 2 amide bonds. The first kappa shape index (κ1) is 20.4. The second-order valence-electron chi connectivity index (χ2n) is 6.36. The summed E-state index contributed by atoms with van der Waals surface area (Å²) in [7, 11) is 1.61. The Morgan fingerprint density at radius 1 is 1.10 bits per heavy atom. The van der Waals surface area contributed by atoms with Crippen molar-refractivity contribution in [1.82, 2.24) is 9.88 Å². The lowest BCUT2D eigenvalue weighted by Crippen LogP contribution is -2.24. The average molecular weight is 409 g/mol. The first-order valence-corrected chi connectivity index (χ1v) is 9.81. The molecule has 0 bridgehead atoms. The predicted molar refractivity (Wildman–Crippen MR) is 113 cm³/mol. The van der Waals surface area contributed by atoms with Crippen LogP contribution >= 0.6 is 11.3 Å². The standard InChI is InChI=1S/C22H20FN3O2S/c1-16(27)26(19-9-4-3-5-10-19)22-24-18(15-29-22)12-13-21(28)25(2)14-17-8-6-7-11-20(17)23/h3-13,15H,14H2,1-2H3/b13-12+. The van der Waals surface area contributed by atoms with Crippen molar-refractivity contribution in [2.75, 3.05) is 11.9 Å². The van der Waals surface area contributed by atoms with E-state index in [0.29, 0.717) is 16.4 Å². The van der Waals surface area contributed by atoms with Crippen LogP contribution in [0.15, 0.2) is 66.1 Å². The van der Waals surface area contributed by atoms with Crippen LogP contribution in [0.5, 0.6) is 0 Å². The Bertz CT molecular complexity index is 1030. The number of para-hydroxylation sites is 1. The topological polar surface area (TPSA) is 53.5 Å². The third-order valence-corrected chi connectivity index (χ3v) is 5.01. The zero-order valence-corrected chi connectivity index (χ0v) is 16.9. The fourth-order valence-corrected chi connectivity index (χ4v) is 3.56. The van der Waals surface area contributed by atoms with Crippen LogP contribution in [-0.2, 0) is 16.1 Å². The number of halogens is 1. The molecule has 3 rings (SSSR count). The Balaban J connectivity index is 1.70. The van der Waals surface area contributed by atoms with Gasteiger partial charge in [0, 0.05) is 37.5 Å². The molecule has 0 fully saturated rings. The minimum absolute atomic E-state index is 0.151. The van der Waals surface area contributed by atoms with Crippen molar-refractivity contribution >= 4 is 40.0 Å². The lowest BCUT2D eigenvalue weighted by molar-refractivity contribution is -0.125. The van der Waals surface area contributed by atoms with E-state index in [9.17, 15) is 14.0 Å². The Kier molecular flexibility index (Phi) is 6.51. The number of thiazole rings is 1.